The molecule has 16 heavy (non-hydrogen) atoms. The number of rotatable bonds is 6. The van der Waals surface area contributed by atoms with Crippen LogP contribution in [0.5, 0.6) is 5.75 Å². The second-order valence-corrected chi connectivity index (χ2v) is 4.16. The molecule has 0 aliphatic heterocycles. The molecule has 0 atom stereocenters. The van der Waals surface area contributed by atoms with Gasteiger partial charge in [-0.25, -0.2) is 0 Å². The number of hydrogen-bond acceptors (Lipinski definition) is 2. The first-order chi connectivity index (χ1) is 7.65. The molecule has 0 aliphatic carbocycles. The molecular weight excluding hydrogens is 222 g/mol. The Kier molecular flexibility index (Phi) is 5.36. The first-order valence-electron chi connectivity index (χ1n) is 5.40. The highest BCUT2D eigenvalue weighted by molar-refractivity contribution is 6.32. The van der Waals surface area contributed by atoms with Gasteiger partial charge in [-0.3, -0.25) is 0 Å². The quantitative estimate of drug-likeness (QED) is 0.769. The van der Waals surface area contributed by atoms with Gasteiger partial charge in [0.2, 0.25) is 0 Å². The van der Waals surface area contributed by atoms with Gasteiger partial charge >= 0.3 is 0 Å². The molecule has 0 radical (unpaired) electrons. The van der Waals surface area contributed by atoms with E-state index >= 15 is 0 Å². The van der Waals surface area contributed by atoms with Gasteiger partial charge in [-0.05, 0) is 25.1 Å². The Morgan fingerprint density at radius 3 is 2.88 bits per heavy atom. The molecule has 0 heterocycles. The Bertz CT molecular complexity index is 363. The molecule has 0 spiro atoms. The molecule has 0 unspecified atom stereocenters. The molecule has 0 amide bonds. The van der Waals surface area contributed by atoms with E-state index in [1.165, 1.54) is 0 Å². The average molecular weight is 240 g/mol. The van der Waals surface area contributed by atoms with Crippen LogP contribution in [0, 0.1) is 0 Å². The molecule has 0 fully saturated rings. The van der Waals surface area contributed by atoms with Crippen molar-refractivity contribution in [3.8, 4) is 5.75 Å². The van der Waals surface area contributed by atoms with Crippen molar-refractivity contribution < 1.29 is 4.74 Å². The summed E-state index contributed by atoms with van der Waals surface area (Å²) in [6.07, 6.45) is 0. The van der Waals surface area contributed by atoms with Crippen LogP contribution in [0.15, 0.2) is 30.4 Å². The summed E-state index contributed by atoms with van der Waals surface area (Å²) in [4.78, 5) is 0. The van der Waals surface area contributed by atoms with Gasteiger partial charge < -0.3 is 10.1 Å². The monoisotopic (exact) mass is 239 g/mol. The van der Waals surface area contributed by atoms with Crippen molar-refractivity contribution in [2.45, 2.75) is 20.4 Å². The van der Waals surface area contributed by atoms with Crippen LogP contribution in [0.4, 0.5) is 0 Å². The van der Waals surface area contributed by atoms with E-state index in [2.05, 4.69) is 18.8 Å². The van der Waals surface area contributed by atoms with E-state index in [9.17, 15) is 0 Å². The molecule has 3 heteroatoms. The van der Waals surface area contributed by atoms with E-state index in [1.54, 1.807) is 0 Å². The van der Waals surface area contributed by atoms with E-state index in [-0.39, 0.29) is 0 Å². The van der Waals surface area contributed by atoms with Crippen molar-refractivity contribution >= 4 is 11.6 Å². The van der Waals surface area contributed by atoms with Gasteiger partial charge in [0.1, 0.15) is 12.4 Å². The topological polar surface area (TPSA) is 21.3 Å². The SMILES string of the molecule is C=C(C)COc1c(Cl)cccc1CNCC. The minimum absolute atomic E-state index is 0.503. The van der Waals surface area contributed by atoms with Crippen molar-refractivity contribution in [2.75, 3.05) is 13.2 Å². The average Bonchev–Trinajstić information content (AvgIpc) is 2.24. The van der Waals surface area contributed by atoms with E-state index in [0.717, 1.165) is 30.0 Å². The van der Waals surface area contributed by atoms with Crippen molar-refractivity contribution in [1.29, 1.82) is 0 Å². The molecule has 1 rings (SSSR count). The number of halogens is 1. The number of ether oxygens (including phenoxy) is 1. The van der Waals surface area contributed by atoms with Gasteiger partial charge in [0, 0.05) is 12.1 Å². The van der Waals surface area contributed by atoms with Gasteiger partial charge in [0.25, 0.3) is 0 Å². The Labute approximate surface area is 102 Å². The first-order valence-corrected chi connectivity index (χ1v) is 5.78. The molecule has 0 aromatic heterocycles. The maximum atomic E-state index is 6.11. The molecule has 2 nitrogen and oxygen atoms in total. The van der Waals surface area contributed by atoms with Gasteiger partial charge in [-0.1, -0.05) is 37.2 Å². The van der Waals surface area contributed by atoms with Crippen molar-refractivity contribution in [1.82, 2.24) is 5.32 Å². The summed E-state index contributed by atoms with van der Waals surface area (Å²) in [5.74, 6) is 0.758. The predicted octanol–water partition coefficient (Wildman–Crippen LogP) is 3.40. The number of benzene rings is 1. The van der Waals surface area contributed by atoms with Crippen LogP contribution in [0.3, 0.4) is 0 Å². The molecular formula is C13H18ClNO. The maximum absolute atomic E-state index is 6.11. The molecule has 0 saturated carbocycles. The Morgan fingerprint density at radius 2 is 2.25 bits per heavy atom. The summed E-state index contributed by atoms with van der Waals surface area (Å²) in [5.41, 5.74) is 2.06. The zero-order valence-electron chi connectivity index (χ0n) is 9.85. The zero-order valence-corrected chi connectivity index (χ0v) is 10.6. The number of nitrogens with one attached hydrogen (secondary N) is 1. The molecule has 0 aliphatic rings. The third-order valence-corrected chi connectivity index (χ3v) is 2.37. The highest BCUT2D eigenvalue weighted by atomic mass is 35.5. The third kappa shape index (κ3) is 3.87. The summed E-state index contributed by atoms with van der Waals surface area (Å²) >= 11 is 6.11. The van der Waals surface area contributed by atoms with Crippen LogP contribution in [0.25, 0.3) is 0 Å². The molecule has 88 valence electrons. The summed E-state index contributed by atoms with van der Waals surface area (Å²) in [6, 6.07) is 5.79. The van der Waals surface area contributed by atoms with Crippen molar-refractivity contribution in [3.05, 3.63) is 40.9 Å². The minimum Gasteiger partial charge on any atom is -0.487 e. The second-order valence-electron chi connectivity index (χ2n) is 3.75. The van der Waals surface area contributed by atoms with Crippen LogP contribution < -0.4 is 10.1 Å². The van der Waals surface area contributed by atoms with E-state index in [1.807, 2.05) is 25.1 Å². The summed E-state index contributed by atoms with van der Waals surface area (Å²) in [6.45, 7) is 10.0. The fourth-order valence-electron chi connectivity index (χ4n) is 1.31. The highest BCUT2D eigenvalue weighted by Crippen LogP contribution is 2.28. The van der Waals surface area contributed by atoms with Gasteiger partial charge in [0.15, 0.2) is 0 Å². The number of hydrogen-bond donors (Lipinski definition) is 1. The van der Waals surface area contributed by atoms with Crippen LogP contribution in [0.2, 0.25) is 5.02 Å². The fourth-order valence-corrected chi connectivity index (χ4v) is 1.56. The van der Waals surface area contributed by atoms with Crippen molar-refractivity contribution in [2.24, 2.45) is 0 Å². The van der Waals surface area contributed by atoms with Crippen LogP contribution in [-0.2, 0) is 6.54 Å². The largest absolute Gasteiger partial charge is 0.487 e. The third-order valence-electron chi connectivity index (χ3n) is 2.08. The van der Waals surface area contributed by atoms with Crippen molar-refractivity contribution in [3.63, 3.8) is 0 Å². The Morgan fingerprint density at radius 1 is 1.50 bits per heavy atom. The van der Waals surface area contributed by atoms with E-state index in [0.29, 0.717) is 11.6 Å². The predicted molar refractivity (Wildman–Crippen MR) is 69.1 cm³/mol. The molecule has 0 saturated heterocycles. The van der Waals surface area contributed by atoms with E-state index < -0.39 is 0 Å². The van der Waals surface area contributed by atoms with Crippen LogP contribution >= 0.6 is 11.6 Å². The summed E-state index contributed by atoms with van der Waals surface area (Å²) < 4.78 is 5.65. The standard InChI is InChI=1S/C13H18ClNO/c1-4-15-8-11-6-5-7-12(14)13(11)16-9-10(2)3/h5-7,15H,2,4,8-9H2,1,3H3. The lowest BCUT2D eigenvalue weighted by Crippen LogP contribution is -2.13. The smallest absolute Gasteiger partial charge is 0.142 e. The van der Waals surface area contributed by atoms with Crippen LogP contribution in [0.1, 0.15) is 19.4 Å². The normalized spacial score (nSPS) is 10.2. The van der Waals surface area contributed by atoms with Gasteiger partial charge in [0.05, 0.1) is 5.02 Å². The lowest BCUT2D eigenvalue weighted by atomic mass is 10.2. The van der Waals surface area contributed by atoms with Gasteiger partial charge in [-0.2, -0.15) is 0 Å². The maximum Gasteiger partial charge on any atom is 0.142 e. The first kappa shape index (κ1) is 13.1. The van der Waals surface area contributed by atoms with Gasteiger partial charge in [-0.15, -0.1) is 0 Å². The van der Waals surface area contributed by atoms with Crippen LogP contribution in [-0.4, -0.2) is 13.2 Å². The minimum atomic E-state index is 0.503. The fraction of sp³-hybridized carbons (Fsp3) is 0.385. The second kappa shape index (κ2) is 6.56. The molecule has 1 aromatic carbocycles. The highest BCUT2D eigenvalue weighted by Gasteiger charge is 2.07. The van der Waals surface area contributed by atoms with E-state index in [4.69, 9.17) is 16.3 Å². The Hall–Kier alpha value is -0.990. The number of para-hydroxylation sites is 1. The zero-order chi connectivity index (χ0) is 12.0. The summed E-state index contributed by atoms with van der Waals surface area (Å²) in [5, 5.41) is 3.91. The lowest BCUT2D eigenvalue weighted by molar-refractivity contribution is 0.348. The molecule has 1 N–H and O–H groups in total. The lowest BCUT2D eigenvalue weighted by Gasteiger charge is -2.13. The molecule has 1 aromatic rings. The Balaban J connectivity index is 2.80. The molecule has 0 bridgehead atoms. The summed E-state index contributed by atoms with van der Waals surface area (Å²) in [7, 11) is 0.